The summed E-state index contributed by atoms with van der Waals surface area (Å²) in [6.07, 6.45) is 1.95. The molecule has 0 aliphatic carbocycles. The van der Waals surface area contributed by atoms with Gasteiger partial charge in [-0.3, -0.25) is 14.5 Å². The second-order valence-corrected chi connectivity index (χ2v) is 9.05. The molecule has 1 aliphatic rings. The average Bonchev–Trinajstić information content (AvgIpc) is 3.45. The first kappa shape index (κ1) is 22.2. The number of para-hydroxylation sites is 1. The molecule has 0 spiro atoms. The van der Waals surface area contributed by atoms with Gasteiger partial charge in [-0.1, -0.05) is 48.5 Å². The minimum absolute atomic E-state index is 0.0163. The topological polar surface area (TPSA) is 71.5 Å². The van der Waals surface area contributed by atoms with Gasteiger partial charge < -0.3 is 10.1 Å². The van der Waals surface area contributed by atoms with Crippen LogP contribution in [0, 0.1) is 13.8 Å². The predicted octanol–water partition coefficient (Wildman–Crippen LogP) is 4.44. The van der Waals surface area contributed by atoms with Crippen molar-refractivity contribution in [2.75, 3.05) is 18.1 Å². The first-order valence-electron chi connectivity index (χ1n) is 10.8. The first-order chi connectivity index (χ1) is 15.5. The number of aryl methyl sites for hydroxylation is 2. The summed E-state index contributed by atoms with van der Waals surface area (Å²) in [5.74, 6) is -0.469. The van der Waals surface area contributed by atoms with Crippen molar-refractivity contribution < 1.29 is 14.3 Å². The fourth-order valence-corrected chi connectivity index (χ4v) is 4.84. The van der Waals surface area contributed by atoms with E-state index in [1.807, 2.05) is 74.5 Å². The van der Waals surface area contributed by atoms with E-state index in [1.165, 1.54) is 11.3 Å². The summed E-state index contributed by atoms with van der Waals surface area (Å²) in [7, 11) is 0. The van der Waals surface area contributed by atoms with Crippen LogP contribution in [0.5, 0.6) is 0 Å². The van der Waals surface area contributed by atoms with Crippen LogP contribution in [0.1, 0.15) is 44.8 Å². The molecule has 7 heteroatoms. The van der Waals surface area contributed by atoms with E-state index in [0.29, 0.717) is 22.8 Å². The Bertz CT molecular complexity index is 1060. The highest BCUT2D eigenvalue weighted by molar-refractivity contribution is 7.13. The number of ether oxygens (including phenoxy) is 1. The molecular weight excluding hydrogens is 422 g/mol. The number of hydrogen-bond donors (Lipinski definition) is 1. The highest BCUT2D eigenvalue weighted by Crippen LogP contribution is 2.32. The van der Waals surface area contributed by atoms with Crippen LogP contribution in [-0.4, -0.2) is 36.1 Å². The maximum Gasteiger partial charge on any atom is 0.271 e. The van der Waals surface area contributed by atoms with Crippen LogP contribution in [0.25, 0.3) is 0 Å². The molecule has 3 aromatic rings. The standard InChI is InChI=1S/C25H27N3O3S/c1-17-23(32-18(2)27-17)25(30)28(20-12-7-4-8-13-20)22(19-10-5-3-6-11-19)24(29)26-16-21-14-9-15-31-21/h3-8,10-13,21-22H,9,14-16H2,1-2H3,(H,26,29)/t21-,22-/m0/s1. The molecule has 2 atom stereocenters. The molecule has 6 nitrogen and oxygen atoms in total. The van der Waals surface area contributed by atoms with Crippen molar-refractivity contribution in [2.24, 2.45) is 0 Å². The number of carbonyl (C=O) groups is 2. The Hall–Kier alpha value is -3.03. The number of nitrogens with one attached hydrogen (secondary N) is 1. The van der Waals surface area contributed by atoms with Gasteiger partial charge in [0.15, 0.2) is 0 Å². The minimum Gasteiger partial charge on any atom is -0.376 e. The maximum atomic E-state index is 13.9. The lowest BCUT2D eigenvalue weighted by atomic mass is 10.0. The molecule has 0 bridgehead atoms. The quantitative estimate of drug-likeness (QED) is 0.579. The number of carbonyl (C=O) groups excluding carboxylic acids is 2. The van der Waals surface area contributed by atoms with Crippen molar-refractivity contribution in [3.8, 4) is 0 Å². The van der Waals surface area contributed by atoms with E-state index in [0.717, 1.165) is 30.0 Å². The molecule has 1 aromatic heterocycles. The summed E-state index contributed by atoms with van der Waals surface area (Å²) in [6.45, 7) is 4.86. The Balaban J connectivity index is 1.74. The van der Waals surface area contributed by atoms with Crippen LogP contribution >= 0.6 is 11.3 Å². The van der Waals surface area contributed by atoms with Crippen LogP contribution in [-0.2, 0) is 9.53 Å². The minimum atomic E-state index is -0.825. The fraction of sp³-hybridized carbons (Fsp3) is 0.320. The molecule has 166 valence electrons. The Morgan fingerprint density at radius 1 is 1.12 bits per heavy atom. The third kappa shape index (κ3) is 4.89. The van der Waals surface area contributed by atoms with Crippen molar-refractivity contribution in [1.29, 1.82) is 0 Å². The molecule has 1 saturated heterocycles. The van der Waals surface area contributed by atoms with Gasteiger partial charge in [-0.05, 0) is 44.4 Å². The molecular formula is C25H27N3O3S. The van der Waals surface area contributed by atoms with Crippen LogP contribution in [0.4, 0.5) is 5.69 Å². The van der Waals surface area contributed by atoms with E-state index in [1.54, 1.807) is 4.90 Å². The second kappa shape index (κ2) is 10.1. The summed E-state index contributed by atoms with van der Waals surface area (Å²) >= 11 is 1.35. The molecule has 4 rings (SSSR count). The zero-order valence-electron chi connectivity index (χ0n) is 18.3. The van der Waals surface area contributed by atoms with E-state index >= 15 is 0 Å². The molecule has 1 N–H and O–H groups in total. The van der Waals surface area contributed by atoms with Gasteiger partial charge in [0.2, 0.25) is 5.91 Å². The van der Waals surface area contributed by atoms with E-state index in [2.05, 4.69) is 10.3 Å². The van der Waals surface area contributed by atoms with Gasteiger partial charge in [-0.25, -0.2) is 4.98 Å². The molecule has 2 heterocycles. The Kier molecular flexibility index (Phi) is 6.97. The molecule has 1 fully saturated rings. The van der Waals surface area contributed by atoms with Gasteiger partial charge in [0, 0.05) is 18.8 Å². The van der Waals surface area contributed by atoms with E-state index in [-0.39, 0.29) is 17.9 Å². The molecule has 2 amide bonds. The summed E-state index contributed by atoms with van der Waals surface area (Å²) in [4.78, 5) is 34.0. The van der Waals surface area contributed by atoms with Crippen molar-refractivity contribution in [2.45, 2.75) is 38.8 Å². The Labute approximate surface area is 192 Å². The third-order valence-corrected chi connectivity index (χ3v) is 6.56. The van der Waals surface area contributed by atoms with Gasteiger partial charge in [-0.15, -0.1) is 11.3 Å². The van der Waals surface area contributed by atoms with Gasteiger partial charge >= 0.3 is 0 Å². The largest absolute Gasteiger partial charge is 0.376 e. The smallest absolute Gasteiger partial charge is 0.271 e. The van der Waals surface area contributed by atoms with Crippen LogP contribution < -0.4 is 10.2 Å². The number of hydrogen-bond acceptors (Lipinski definition) is 5. The van der Waals surface area contributed by atoms with Gasteiger partial charge in [0.1, 0.15) is 10.9 Å². The van der Waals surface area contributed by atoms with E-state index < -0.39 is 6.04 Å². The Morgan fingerprint density at radius 2 is 1.81 bits per heavy atom. The normalized spacial score (nSPS) is 16.5. The molecule has 0 radical (unpaired) electrons. The lowest BCUT2D eigenvalue weighted by Gasteiger charge is -2.31. The summed E-state index contributed by atoms with van der Waals surface area (Å²) in [5.41, 5.74) is 2.07. The van der Waals surface area contributed by atoms with E-state index in [4.69, 9.17) is 4.74 Å². The van der Waals surface area contributed by atoms with E-state index in [9.17, 15) is 9.59 Å². The van der Waals surface area contributed by atoms with Crippen molar-refractivity contribution in [3.05, 3.63) is 81.8 Å². The van der Waals surface area contributed by atoms with Crippen molar-refractivity contribution in [1.82, 2.24) is 10.3 Å². The maximum absolute atomic E-state index is 13.9. The summed E-state index contributed by atoms with van der Waals surface area (Å²) in [6, 6.07) is 17.9. The monoisotopic (exact) mass is 449 g/mol. The van der Waals surface area contributed by atoms with Gasteiger partial charge in [0.25, 0.3) is 5.91 Å². The summed E-state index contributed by atoms with van der Waals surface area (Å²) in [5, 5.41) is 3.85. The van der Waals surface area contributed by atoms with Crippen LogP contribution in [0.2, 0.25) is 0 Å². The molecule has 0 saturated carbocycles. The lowest BCUT2D eigenvalue weighted by molar-refractivity contribution is -0.123. The predicted molar refractivity (Wildman–Crippen MR) is 126 cm³/mol. The molecule has 32 heavy (non-hydrogen) atoms. The van der Waals surface area contributed by atoms with Gasteiger partial charge in [0.05, 0.1) is 16.8 Å². The highest BCUT2D eigenvalue weighted by atomic mass is 32.1. The van der Waals surface area contributed by atoms with Crippen LogP contribution in [0.15, 0.2) is 60.7 Å². The first-order valence-corrected chi connectivity index (χ1v) is 11.6. The molecule has 2 aromatic carbocycles. The highest BCUT2D eigenvalue weighted by Gasteiger charge is 2.35. The number of nitrogens with zero attached hydrogens (tertiary/aromatic N) is 2. The van der Waals surface area contributed by atoms with Crippen LogP contribution in [0.3, 0.4) is 0 Å². The lowest BCUT2D eigenvalue weighted by Crippen LogP contribution is -2.45. The number of thiazole rings is 1. The number of anilines is 1. The third-order valence-electron chi connectivity index (χ3n) is 5.50. The summed E-state index contributed by atoms with van der Waals surface area (Å²) < 4.78 is 5.67. The molecule has 1 aliphatic heterocycles. The zero-order chi connectivity index (χ0) is 22.5. The molecule has 0 unspecified atom stereocenters. The number of benzene rings is 2. The number of rotatable bonds is 7. The Morgan fingerprint density at radius 3 is 2.41 bits per heavy atom. The SMILES string of the molecule is Cc1nc(C)c(C(=O)N(c2ccccc2)[C@H](C(=O)NC[C@@H]2CCCO2)c2ccccc2)s1. The average molecular weight is 450 g/mol. The van der Waals surface area contributed by atoms with Crippen molar-refractivity contribution in [3.63, 3.8) is 0 Å². The van der Waals surface area contributed by atoms with Crippen molar-refractivity contribution >= 4 is 28.8 Å². The second-order valence-electron chi connectivity index (χ2n) is 7.85. The van der Waals surface area contributed by atoms with Gasteiger partial charge in [-0.2, -0.15) is 0 Å². The number of amides is 2. The number of aromatic nitrogens is 1. The zero-order valence-corrected chi connectivity index (χ0v) is 19.1. The fourth-order valence-electron chi connectivity index (χ4n) is 3.98.